The molecule has 2 atom stereocenters. The van der Waals surface area contributed by atoms with Crippen LogP contribution in [-0.2, 0) is 4.79 Å². The second kappa shape index (κ2) is 5.12. The third-order valence-corrected chi connectivity index (χ3v) is 3.91. The molecule has 1 aliphatic carbocycles. The Morgan fingerprint density at radius 2 is 1.95 bits per heavy atom. The first-order chi connectivity index (χ1) is 9.23. The molecule has 0 aromatic heterocycles. The molecule has 0 spiro atoms. The van der Waals surface area contributed by atoms with Crippen LogP contribution in [-0.4, -0.2) is 18.6 Å². The van der Waals surface area contributed by atoms with Crippen molar-refractivity contribution in [1.82, 2.24) is 5.32 Å². The summed E-state index contributed by atoms with van der Waals surface area (Å²) in [5.74, 6) is 1.40. The average Bonchev–Trinajstić information content (AvgIpc) is 2.63. The number of ether oxygens (including phenoxy) is 1. The Kier molecular flexibility index (Phi) is 3.81. The maximum atomic E-state index is 12.5. The van der Waals surface area contributed by atoms with Gasteiger partial charge in [-0.25, -0.2) is 0 Å². The van der Waals surface area contributed by atoms with E-state index in [0.717, 1.165) is 23.3 Å². The first-order valence-electron chi connectivity index (χ1n) is 7.23. The van der Waals surface area contributed by atoms with Crippen LogP contribution >= 0.6 is 0 Å². The van der Waals surface area contributed by atoms with Crippen molar-refractivity contribution in [1.29, 1.82) is 0 Å². The van der Waals surface area contributed by atoms with Crippen molar-refractivity contribution in [2.24, 2.45) is 0 Å². The lowest BCUT2D eigenvalue weighted by Gasteiger charge is -2.23. The van der Waals surface area contributed by atoms with Crippen molar-refractivity contribution < 1.29 is 9.53 Å². The van der Waals surface area contributed by atoms with Crippen molar-refractivity contribution in [2.45, 2.75) is 58.4 Å². The fourth-order valence-corrected chi connectivity index (χ4v) is 2.99. The van der Waals surface area contributed by atoms with E-state index in [2.05, 4.69) is 24.4 Å². The van der Waals surface area contributed by atoms with E-state index >= 15 is 0 Å². The minimum Gasteiger partial charge on any atom is -0.496 e. The highest BCUT2D eigenvalue weighted by molar-refractivity contribution is 5.86. The van der Waals surface area contributed by atoms with Crippen molar-refractivity contribution in [3.63, 3.8) is 0 Å². The Labute approximate surface area is 121 Å². The molecule has 1 N–H and O–H groups in total. The van der Waals surface area contributed by atoms with E-state index in [1.807, 2.05) is 27.7 Å². The number of fused-ring (bicyclic) bond motifs is 1. The normalized spacial score (nSPS) is 21.5. The zero-order valence-corrected chi connectivity index (χ0v) is 13.3. The predicted octanol–water partition coefficient (Wildman–Crippen LogP) is 3.51. The highest BCUT2D eigenvalue weighted by Crippen LogP contribution is 2.44. The molecule has 0 radical (unpaired) electrons. The lowest BCUT2D eigenvalue weighted by Crippen LogP contribution is -2.42. The average molecular weight is 275 g/mol. The van der Waals surface area contributed by atoms with Crippen LogP contribution in [0.3, 0.4) is 0 Å². The molecule has 3 heteroatoms. The second-order valence-corrected chi connectivity index (χ2v) is 6.88. The molecule has 110 valence electrons. The summed E-state index contributed by atoms with van der Waals surface area (Å²) >= 11 is 0. The number of nitrogens with one attached hydrogen (secondary N) is 1. The topological polar surface area (TPSA) is 38.3 Å². The molecular formula is C17H25NO2. The van der Waals surface area contributed by atoms with Crippen LogP contribution in [0.4, 0.5) is 0 Å². The molecule has 0 saturated heterocycles. The SMILES string of the molecule is COc1cc2c(cc1C)C(C(=O)NC(C)(C)C)CC2C. The van der Waals surface area contributed by atoms with Crippen LogP contribution in [0.5, 0.6) is 5.75 Å². The molecule has 0 aliphatic heterocycles. The summed E-state index contributed by atoms with van der Waals surface area (Å²) in [6, 6.07) is 4.21. The van der Waals surface area contributed by atoms with Gasteiger partial charge in [0.15, 0.2) is 0 Å². The number of hydrogen-bond acceptors (Lipinski definition) is 2. The fraction of sp³-hybridized carbons (Fsp3) is 0.588. The maximum absolute atomic E-state index is 12.5. The molecule has 0 heterocycles. The van der Waals surface area contributed by atoms with E-state index in [9.17, 15) is 4.79 Å². The smallest absolute Gasteiger partial charge is 0.227 e. The van der Waals surface area contributed by atoms with Gasteiger partial charge in [-0.05, 0) is 62.8 Å². The van der Waals surface area contributed by atoms with E-state index in [-0.39, 0.29) is 17.4 Å². The van der Waals surface area contributed by atoms with Gasteiger partial charge in [0.2, 0.25) is 5.91 Å². The summed E-state index contributed by atoms with van der Waals surface area (Å²) in [7, 11) is 1.69. The zero-order chi connectivity index (χ0) is 15.1. The van der Waals surface area contributed by atoms with E-state index in [0.29, 0.717) is 5.92 Å². The highest BCUT2D eigenvalue weighted by Gasteiger charge is 2.35. The Bertz CT molecular complexity index is 529. The molecule has 0 fully saturated rings. The van der Waals surface area contributed by atoms with E-state index < -0.39 is 0 Å². The van der Waals surface area contributed by atoms with Gasteiger partial charge in [0.1, 0.15) is 5.75 Å². The molecule has 0 saturated carbocycles. The van der Waals surface area contributed by atoms with Gasteiger partial charge >= 0.3 is 0 Å². The minimum atomic E-state index is -0.190. The Balaban J connectivity index is 2.35. The van der Waals surface area contributed by atoms with Gasteiger partial charge < -0.3 is 10.1 Å². The molecule has 1 aliphatic rings. The minimum absolute atomic E-state index is 0.0381. The van der Waals surface area contributed by atoms with Crippen LogP contribution in [0.15, 0.2) is 12.1 Å². The summed E-state index contributed by atoms with van der Waals surface area (Å²) in [5, 5.41) is 3.10. The molecular weight excluding hydrogens is 250 g/mol. The number of hydrogen-bond donors (Lipinski definition) is 1. The van der Waals surface area contributed by atoms with Gasteiger partial charge in [0.05, 0.1) is 13.0 Å². The number of aryl methyl sites for hydroxylation is 1. The Hall–Kier alpha value is -1.51. The van der Waals surface area contributed by atoms with Crippen LogP contribution in [0.2, 0.25) is 0 Å². The first-order valence-corrected chi connectivity index (χ1v) is 7.23. The van der Waals surface area contributed by atoms with Gasteiger partial charge in [-0.3, -0.25) is 4.79 Å². The number of amides is 1. The fourth-order valence-electron chi connectivity index (χ4n) is 2.99. The number of carbonyl (C=O) groups is 1. The van der Waals surface area contributed by atoms with E-state index in [4.69, 9.17) is 4.74 Å². The quantitative estimate of drug-likeness (QED) is 0.897. The molecule has 1 amide bonds. The summed E-state index contributed by atoms with van der Waals surface area (Å²) in [6.07, 6.45) is 0.879. The van der Waals surface area contributed by atoms with Gasteiger partial charge in [0, 0.05) is 5.54 Å². The summed E-state index contributed by atoms with van der Waals surface area (Å²) in [5.41, 5.74) is 3.32. The van der Waals surface area contributed by atoms with Gasteiger partial charge in [0.25, 0.3) is 0 Å². The van der Waals surface area contributed by atoms with Gasteiger partial charge in [-0.1, -0.05) is 13.0 Å². The highest BCUT2D eigenvalue weighted by atomic mass is 16.5. The van der Waals surface area contributed by atoms with E-state index in [1.54, 1.807) is 7.11 Å². The number of methoxy groups -OCH3 is 1. The van der Waals surface area contributed by atoms with Crippen LogP contribution in [0, 0.1) is 6.92 Å². The largest absolute Gasteiger partial charge is 0.496 e. The van der Waals surface area contributed by atoms with E-state index in [1.165, 1.54) is 5.56 Å². The number of carbonyl (C=O) groups excluding carboxylic acids is 1. The van der Waals surface area contributed by atoms with Gasteiger partial charge in [-0.15, -0.1) is 0 Å². The first kappa shape index (κ1) is 14.9. The number of benzene rings is 1. The molecule has 0 bridgehead atoms. The third kappa shape index (κ3) is 2.82. The monoisotopic (exact) mass is 275 g/mol. The van der Waals surface area contributed by atoms with Crippen LogP contribution < -0.4 is 10.1 Å². The molecule has 2 rings (SSSR count). The molecule has 1 aromatic carbocycles. The van der Waals surface area contributed by atoms with Crippen LogP contribution in [0.25, 0.3) is 0 Å². The standard InChI is InChI=1S/C17H25NO2/c1-10-7-14(16(19)18-17(3,4)5)13-8-11(2)15(20-6)9-12(10)13/h8-10,14H,7H2,1-6H3,(H,18,19). The molecule has 2 unspecified atom stereocenters. The van der Waals surface area contributed by atoms with Crippen molar-refractivity contribution in [3.8, 4) is 5.75 Å². The van der Waals surface area contributed by atoms with Crippen molar-refractivity contribution in [2.75, 3.05) is 7.11 Å². The van der Waals surface area contributed by atoms with Crippen molar-refractivity contribution >= 4 is 5.91 Å². The zero-order valence-electron chi connectivity index (χ0n) is 13.3. The van der Waals surface area contributed by atoms with Crippen LogP contribution in [0.1, 0.15) is 62.6 Å². The summed E-state index contributed by atoms with van der Waals surface area (Å²) < 4.78 is 5.39. The number of rotatable bonds is 2. The molecule has 1 aromatic rings. The molecule has 20 heavy (non-hydrogen) atoms. The lowest BCUT2D eigenvalue weighted by molar-refractivity contribution is -0.124. The second-order valence-electron chi connectivity index (χ2n) is 6.88. The Morgan fingerprint density at radius 3 is 2.50 bits per heavy atom. The van der Waals surface area contributed by atoms with Gasteiger partial charge in [-0.2, -0.15) is 0 Å². The summed E-state index contributed by atoms with van der Waals surface area (Å²) in [4.78, 5) is 12.5. The van der Waals surface area contributed by atoms with Crippen molar-refractivity contribution in [3.05, 3.63) is 28.8 Å². The lowest BCUT2D eigenvalue weighted by atomic mass is 9.96. The summed E-state index contributed by atoms with van der Waals surface area (Å²) in [6.45, 7) is 10.3. The predicted molar refractivity (Wildman–Crippen MR) is 81.4 cm³/mol. The maximum Gasteiger partial charge on any atom is 0.227 e. The Morgan fingerprint density at radius 1 is 1.30 bits per heavy atom. The third-order valence-electron chi connectivity index (χ3n) is 3.91. The molecule has 3 nitrogen and oxygen atoms in total.